The third-order valence-corrected chi connectivity index (χ3v) is 2.15. The van der Waals surface area contributed by atoms with Gasteiger partial charge in [-0.25, -0.2) is 0 Å². The van der Waals surface area contributed by atoms with Crippen LogP contribution < -0.4 is 11.1 Å². The van der Waals surface area contributed by atoms with Gasteiger partial charge in [0, 0.05) is 11.6 Å². The van der Waals surface area contributed by atoms with Gasteiger partial charge >= 0.3 is 0 Å². The van der Waals surface area contributed by atoms with Crippen LogP contribution in [0.2, 0.25) is 0 Å². The first-order valence-electron chi connectivity index (χ1n) is 3.77. The molecule has 0 aromatic carbocycles. The van der Waals surface area contributed by atoms with Crippen molar-refractivity contribution in [3.63, 3.8) is 0 Å². The summed E-state index contributed by atoms with van der Waals surface area (Å²) in [6, 6.07) is 0. The Kier molecular flexibility index (Phi) is 1.24. The number of fused-ring (bicyclic) bond motifs is 1. The van der Waals surface area contributed by atoms with Gasteiger partial charge in [0.25, 0.3) is 0 Å². The number of guanidine groups is 1. The standard InChI is InChI=1S/C8H11N3/c9-8(10)11-7-3-1-2-5-4-6(5)7/h1-3,5-6H,4H2,(H4,9,10,11)/t5-,6?/m0/s1. The van der Waals surface area contributed by atoms with E-state index in [9.17, 15) is 0 Å². The molecule has 0 amide bonds. The van der Waals surface area contributed by atoms with Crippen LogP contribution in [-0.2, 0) is 0 Å². The van der Waals surface area contributed by atoms with Crippen LogP contribution >= 0.6 is 0 Å². The van der Waals surface area contributed by atoms with Crippen LogP contribution in [0.25, 0.3) is 0 Å². The number of hydrogen-bond donors (Lipinski definition) is 3. The van der Waals surface area contributed by atoms with Gasteiger partial charge in [-0.1, -0.05) is 12.2 Å². The van der Waals surface area contributed by atoms with Crippen LogP contribution in [0.15, 0.2) is 23.9 Å². The van der Waals surface area contributed by atoms with Crippen molar-refractivity contribution in [2.45, 2.75) is 6.42 Å². The van der Waals surface area contributed by atoms with Gasteiger partial charge in [0.15, 0.2) is 5.96 Å². The third-order valence-electron chi connectivity index (χ3n) is 2.15. The monoisotopic (exact) mass is 149 g/mol. The van der Waals surface area contributed by atoms with E-state index in [2.05, 4.69) is 11.4 Å². The van der Waals surface area contributed by atoms with Gasteiger partial charge in [0.1, 0.15) is 0 Å². The zero-order valence-corrected chi connectivity index (χ0v) is 6.17. The Morgan fingerprint density at radius 2 is 2.55 bits per heavy atom. The van der Waals surface area contributed by atoms with Crippen LogP contribution in [0.3, 0.4) is 0 Å². The molecule has 11 heavy (non-hydrogen) atoms. The molecule has 1 unspecified atom stereocenters. The molecule has 0 heterocycles. The van der Waals surface area contributed by atoms with E-state index < -0.39 is 0 Å². The largest absolute Gasteiger partial charge is 0.370 e. The number of nitrogens with two attached hydrogens (primary N) is 1. The lowest BCUT2D eigenvalue weighted by Gasteiger charge is -2.09. The highest BCUT2D eigenvalue weighted by Crippen LogP contribution is 2.46. The van der Waals surface area contributed by atoms with Crippen LogP contribution in [-0.4, -0.2) is 5.96 Å². The summed E-state index contributed by atoms with van der Waals surface area (Å²) in [5.74, 6) is 1.36. The average molecular weight is 149 g/mol. The maximum atomic E-state index is 7.04. The summed E-state index contributed by atoms with van der Waals surface area (Å²) in [6.07, 6.45) is 7.44. The fraction of sp³-hybridized carbons (Fsp3) is 0.375. The van der Waals surface area contributed by atoms with Gasteiger partial charge in [-0.2, -0.15) is 0 Å². The van der Waals surface area contributed by atoms with Crippen molar-refractivity contribution in [3.8, 4) is 0 Å². The summed E-state index contributed by atoms with van der Waals surface area (Å²) in [5, 5.41) is 9.88. The van der Waals surface area contributed by atoms with Crippen molar-refractivity contribution in [2.75, 3.05) is 0 Å². The SMILES string of the molecule is N=C(N)NC1=CC=C[C@H]2CC12. The Morgan fingerprint density at radius 1 is 1.73 bits per heavy atom. The maximum Gasteiger partial charge on any atom is 0.189 e. The Hall–Kier alpha value is -1.25. The minimum Gasteiger partial charge on any atom is -0.370 e. The van der Waals surface area contributed by atoms with Crippen molar-refractivity contribution < 1.29 is 0 Å². The topological polar surface area (TPSA) is 61.9 Å². The van der Waals surface area contributed by atoms with E-state index in [0.717, 1.165) is 5.70 Å². The molecule has 2 rings (SSSR count). The number of rotatable bonds is 1. The van der Waals surface area contributed by atoms with Crippen molar-refractivity contribution in [3.05, 3.63) is 23.9 Å². The van der Waals surface area contributed by atoms with Gasteiger partial charge in [0.2, 0.25) is 0 Å². The summed E-state index contributed by atoms with van der Waals surface area (Å²) in [7, 11) is 0. The lowest BCUT2D eigenvalue weighted by atomic mass is 10.1. The molecule has 1 fully saturated rings. The molecule has 0 aliphatic heterocycles. The second-order valence-corrected chi connectivity index (χ2v) is 3.05. The Labute approximate surface area is 65.5 Å². The lowest BCUT2D eigenvalue weighted by molar-refractivity contribution is 0.839. The Balaban J connectivity index is 2.07. The van der Waals surface area contributed by atoms with Crippen LogP contribution in [0.1, 0.15) is 6.42 Å². The molecule has 4 N–H and O–H groups in total. The molecule has 0 bridgehead atoms. The predicted molar refractivity (Wildman–Crippen MR) is 43.9 cm³/mol. The molecule has 1 saturated carbocycles. The quantitative estimate of drug-likeness (QED) is 0.377. The summed E-state index contributed by atoms with van der Waals surface area (Å²) in [4.78, 5) is 0. The summed E-state index contributed by atoms with van der Waals surface area (Å²) >= 11 is 0. The highest BCUT2D eigenvalue weighted by molar-refractivity contribution is 5.76. The smallest absolute Gasteiger partial charge is 0.189 e. The molecule has 2 aliphatic rings. The highest BCUT2D eigenvalue weighted by atomic mass is 15.1. The molecule has 0 aromatic heterocycles. The average Bonchev–Trinajstić information content (AvgIpc) is 2.65. The van der Waals surface area contributed by atoms with E-state index in [4.69, 9.17) is 11.1 Å². The molecule has 3 heteroatoms. The lowest BCUT2D eigenvalue weighted by Crippen LogP contribution is -2.30. The number of hydrogen-bond acceptors (Lipinski definition) is 1. The van der Waals surface area contributed by atoms with Crippen molar-refractivity contribution in [2.24, 2.45) is 17.6 Å². The molecule has 3 nitrogen and oxygen atoms in total. The van der Waals surface area contributed by atoms with Crippen molar-refractivity contribution >= 4 is 5.96 Å². The van der Waals surface area contributed by atoms with Gasteiger partial charge in [0.05, 0.1) is 0 Å². The predicted octanol–water partition coefficient (Wildman–Crippen LogP) is 0.559. The van der Waals surface area contributed by atoms with E-state index >= 15 is 0 Å². The molecule has 0 radical (unpaired) electrons. The van der Waals surface area contributed by atoms with Gasteiger partial charge < -0.3 is 11.1 Å². The Bertz CT molecular complexity index is 252. The first kappa shape index (κ1) is 6.46. The fourth-order valence-corrected chi connectivity index (χ4v) is 1.50. The number of nitrogens with one attached hydrogen (secondary N) is 2. The van der Waals surface area contributed by atoms with E-state index in [1.54, 1.807) is 0 Å². The first-order valence-corrected chi connectivity index (χ1v) is 3.77. The summed E-state index contributed by atoms with van der Waals surface area (Å²) in [6.45, 7) is 0. The third kappa shape index (κ3) is 1.13. The van der Waals surface area contributed by atoms with E-state index in [0.29, 0.717) is 11.8 Å². The first-order chi connectivity index (χ1) is 5.27. The minimum atomic E-state index is 0.0391. The molecule has 58 valence electrons. The van der Waals surface area contributed by atoms with Crippen molar-refractivity contribution in [1.82, 2.24) is 5.32 Å². The normalized spacial score (nSPS) is 32.2. The van der Waals surface area contributed by atoms with Gasteiger partial charge in [-0.3, -0.25) is 5.41 Å². The molecular weight excluding hydrogens is 138 g/mol. The summed E-state index contributed by atoms with van der Waals surface area (Å²) in [5.41, 5.74) is 6.31. The molecule has 0 spiro atoms. The molecule has 2 atom stereocenters. The fourth-order valence-electron chi connectivity index (χ4n) is 1.50. The second kappa shape index (κ2) is 2.12. The number of allylic oxidation sites excluding steroid dienone is 4. The van der Waals surface area contributed by atoms with Crippen LogP contribution in [0.5, 0.6) is 0 Å². The van der Waals surface area contributed by atoms with Crippen LogP contribution in [0, 0.1) is 17.2 Å². The molecule has 0 saturated heterocycles. The van der Waals surface area contributed by atoms with Gasteiger partial charge in [-0.05, 0) is 18.4 Å². The Morgan fingerprint density at radius 3 is 3.27 bits per heavy atom. The molecule has 2 aliphatic carbocycles. The van der Waals surface area contributed by atoms with E-state index in [1.807, 2.05) is 12.2 Å². The van der Waals surface area contributed by atoms with E-state index in [-0.39, 0.29) is 5.96 Å². The maximum absolute atomic E-state index is 7.04. The van der Waals surface area contributed by atoms with Crippen LogP contribution in [0.4, 0.5) is 0 Å². The van der Waals surface area contributed by atoms with E-state index in [1.165, 1.54) is 6.42 Å². The zero-order valence-electron chi connectivity index (χ0n) is 6.17. The molecular formula is C8H11N3. The second-order valence-electron chi connectivity index (χ2n) is 3.05. The summed E-state index contributed by atoms with van der Waals surface area (Å²) < 4.78 is 0. The minimum absolute atomic E-state index is 0.0391. The zero-order chi connectivity index (χ0) is 7.84. The van der Waals surface area contributed by atoms with Gasteiger partial charge in [-0.15, -0.1) is 0 Å². The van der Waals surface area contributed by atoms with Crippen molar-refractivity contribution in [1.29, 1.82) is 5.41 Å². The highest BCUT2D eigenvalue weighted by Gasteiger charge is 2.39. The molecule has 0 aromatic rings.